The molecule has 0 aliphatic heterocycles. The molecule has 0 aliphatic rings. The molecule has 21 heavy (non-hydrogen) atoms. The highest BCUT2D eigenvalue weighted by molar-refractivity contribution is 5.97. The van der Waals surface area contributed by atoms with Crippen molar-refractivity contribution in [3.05, 3.63) is 62.9 Å². The molecule has 3 heteroatoms. The van der Waals surface area contributed by atoms with Gasteiger partial charge in [0.05, 0.1) is 11.1 Å². The van der Waals surface area contributed by atoms with Gasteiger partial charge in [-0.1, -0.05) is 24.3 Å². The number of hydrogen-bond donors (Lipinski definition) is 1. The van der Waals surface area contributed by atoms with Crippen LogP contribution < -0.4 is 5.56 Å². The van der Waals surface area contributed by atoms with Gasteiger partial charge in [0.25, 0.3) is 5.56 Å². The van der Waals surface area contributed by atoms with Crippen LogP contribution in [-0.4, -0.2) is 10.2 Å². The van der Waals surface area contributed by atoms with Crippen LogP contribution >= 0.6 is 0 Å². The summed E-state index contributed by atoms with van der Waals surface area (Å²) in [6, 6.07) is 10.3. The molecule has 3 nitrogen and oxygen atoms in total. The quantitative estimate of drug-likeness (QED) is 0.735. The first-order valence-electron chi connectivity index (χ1n) is 7.05. The number of aryl methyl sites for hydroxylation is 4. The first-order chi connectivity index (χ1) is 9.99. The molecule has 0 spiro atoms. The second-order valence-corrected chi connectivity index (χ2v) is 5.65. The molecule has 0 saturated carbocycles. The lowest BCUT2D eigenvalue weighted by Crippen LogP contribution is -2.11. The topological polar surface area (TPSA) is 45.8 Å². The van der Waals surface area contributed by atoms with Crippen molar-refractivity contribution in [1.29, 1.82) is 0 Å². The van der Waals surface area contributed by atoms with E-state index in [0.29, 0.717) is 0 Å². The van der Waals surface area contributed by atoms with E-state index >= 15 is 0 Å². The fourth-order valence-corrected chi connectivity index (χ4v) is 2.72. The minimum Gasteiger partial charge on any atom is -0.267 e. The summed E-state index contributed by atoms with van der Waals surface area (Å²) in [6.07, 6.45) is 0. The lowest BCUT2D eigenvalue weighted by molar-refractivity contribution is 1.01. The second kappa shape index (κ2) is 4.85. The number of aromatic nitrogens is 2. The van der Waals surface area contributed by atoms with Crippen LogP contribution in [0.15, 0.2) is 35.1 Å². The molecule has 0 aliphatic carbocycles. The Kier molecular flexibility index (Phi) is 3.13. The van der Waals surface area contributed by atoms with Crippen molar-refractivity contribution in [3.63, 3.8) is 0 Å². The van der Waals surface area contributed by atoms with Crippen LogP contribution in [0.4, 0.5) is 0 Å². The highest BCUT2D eigenvalue weighted by atomic mass is 16.1. The zero-order valence-corrected chi connectivity index (χ0v) is 12.7. The van der Waals surface area contributed by atoms with E-state index in [9.17, 15) is 4.79 Å². The normalized spacial score (nSPS) is 11.0. The Morgan fingerprint density at radius 3 is 2.10 bits per heavy atom. The molecule has 0 atom stereocenters. The predicted molar refractivity (Wildman–Crippen MR) is 86.7 cm³/mol. The molecule has 0 unspecified atom stereocenters. The van der Waals surface area contributed by atoms with E-state index in [1.807, 2.05) is 26.0 Å². The summed E-state index contributed by atoms with van der Waals surface area (Å²) in [6.45, 7) is 8.16. The Morgan fingerprint density at radius 1 is 0.810 bits per heavy atom. The maximum Gasteiger partial charge on any atom is 0.272 e. The van der Waals surface area contributed by atoms with Gasteiger partial charge in [-0.2, -0.15) is 5.10 Å². The molecule has 3 aromatic rings. The van der Waals surface area contributed by atoms with Gasteiger partial charge in [-0.3, -0.25) is 4.79 Å². The molecule has 0 amide bonds. The molecule has 106 valence electrons. The average molecular weight is 278 g/mol. The molecular formula is C18H18N2O. The molecule has 1 N–H and O–H groups in total. The summed E-state index contributed by atoms with van der Waals surface area (Å²) in [5.41, 5.74) is 6.27. The van der Waals surface area contributed by atoms with Crippen LogP contribution in [0, 0.1) is 27.7 Å². The Morgan fingerprint density at radius 2 is 1.43 bits per heavy atom. The van der Waals surface area contributed by atoms with E-state index in [2.05, 4.69) is 42.2 Å². The van der Waals surface area contributed by atoms with Crippen molar-refractivity contribution in [2.75, 3.05) is 0 Å². The van der Waals surface area contributed by atoms with E-state index in [-0.39, 0.29) is 5.56 Å². The van der Waals surface area contributed by atoms with E-state index in [4.69, 9.17) is 0 Å². The summed E-state index contributed by atoms with van der Waals surface area (Å²) in [4.78, 5) is 12.1. The van der Waals surface area contributed by atoms with Gasteiger partial charge in [0.2, 0.25) is 0 Å². The number of benzene rings is 2. The summed E-state index contributed by atoms with van der Waals surface area (Å²) in [5.74, 6) is 0. The minimum atomic E-state index is -0.126. The molecule has 0 fully saturated rings. The molecule has 1 heterocycles. The van der Waals surface area contributed by atoms with Gasteiger partial charge in [0.1, 0.15) is 0 Å². The van der Waals surface area contributed by atoms with Gasteiger partial charge < -0.3 is 0 Å². The molecule has 2 aromatic carbocycles. The van der Waals surface area contributed by atoms with E-state index in [1.165, 1.54) is 11.1 Å². The standard InChI is InChI=1S/C18H18N2O/c1-10-7-8-14(9-13(10)4)17-15-11(2)5-6-12(3)16(15)18(21)20-19-17/h5-9H,1-4H3,(H,20,21). The first kappa shape index (κ1) is 13.6. The van der Waals surface area contributed by atoms with Crippen molar-refractivity contribution in [3.8, 4) is 11.3 Å². The summed E-state index contributed by atoms with van der Waals surface area (Å²) in [5, 5.41) is 8.63. The van der Waals surface area contributed by atoms with Gasteiger partial charge in [0.15, 0.2) is 0 Å². The third kappa shape index (κ3) is 2.15. The minimum absolute atomic E-state index is 0.126. The Labute approximate surface area is 123 Å². The van der Waals surface area contributed by atoms with Crippen LogP contribution in [0.2, 0.25) is 0 Å². The highest BCUT2D eigenvalue weighted by Crippen LogP contribution is 2.29. The molecule has 0 bridgehead atoms. The smallest absolute Gasteiger partial charge is 0.267 e. The van der Waals surface area contributed by atoms with E-state index in [1.54, 1.807) is 0 Å². The second-order valence-electron chi connectivity index (χ2n) is 5.65. The molecule has 0 saturated heterocycles. The summed E-state index contributed by atoms with van der Waals surface area (Å²) < 4.78 is 0. The van der Waals surface area contributed by atoms with Gasteiger partial charge >= 0.3 is 0 Å². The Bertz CT molecular complexity index is 907. The van der Waals surface area contributed by atoms with Gasteiger partial charge in [-0.05, 0) is 56.0 Å². The molecule has 3 rings (SSSR count). The van der Waals surface area contributed by atoms with Crippen LogP contribution in [0.1, 0.15) is 22.3 Å². The SMILES string of the molecule is Cc1ccc(-c2n[nH]c(=O)c3c(C)ccc(C)c23)cc1C. The largest absolute Gasteiger partial charge is 0.272 e. The van der Waals surface area contributed by atoms with Gasteiger partial charge in [-0.15, -0.1) is 0 Å². The van der Waals surface area contributed by atoms with Crippen LogP contribution in [-0.2, 0) is 0 Å². The number of nitrogens with one attached hydrogen (secondary N) is 1. The fraction of sp³-hybridized carbons (Fsp3) is 0.222. The van der Waals surface area contributed by atoms with Crippen LogP contribution in [0.3, 0.4) is 0 Å². The van der Waals surface area contributed by atoms with Crippen molar-refractivity contribution in [2.24, 2.45) is 0 Å². The molecular weight excluding hydrogens is 260 g/mol. The first-order valence-corrected chi connectivity index (χ1v) is 7.05. The zero-order chi connectivity index (χ0) is 15.1. The monoisotopic (exact) mass is 278 g/mol. The van der Waals surface area contributed by atoms with Crippen molar-refractivity contribution < 1.29 is 0 Å². The third-order valence-corrected chi connectivity index (χ3v) is 4.14. The lowest BCUT2D eigenvalue weighted by Gasteiger charge is -2.11. The average Bonchev–Trinajstić information content (AvgIpc) is 2.46. The van der Waals surface area contributed by atoms with E-state index < -0.39 is 0 Å². The highest BCUT2D eigenvalue weighted by Gasteiger charge is 2.13. The van der Waals surface area contributed by atoms with E-state index in [0.717, 1.165) is 33.2 Å². The summed E-state index contributed by atoms with van der Waals surface area (Å²) in [7, 11) is 0. The van der Waals surface area contributed by atoms with Crippen LogP contribution in [0.25, 0.3) is 22.0 Å². The number of aromatic amines is 1. The Hall–Kier alpha value is -2.42. The number of nitrogens with zero attached hydrogens (tertiary/aromatic N) is 1. The maximum absolute atomic E-state index is 12.1. The molecule has 0 radical (unpaired) electrons. The maximum atomic E-state index is 12.1. The Balaban J connectivity index is 2.43. The third-order valence-electron chi connectivity index (χ3n) is 4.14. The van der Waals surface area contributed by atoms with Gasteiger partial charge in [-0.25, -0.2) is 5.10 Å². The number of H-pyrrole nitrogens is 1. The molecule has 1 aromatic heterocycles. The fourth-order valence-electron chi connectivity index (χ4n) is 2.72. The summed E-state index contributed by atoms with van der Waals surface area (Å²) >= 11 is 0. The van der Waals surface area contributed by atoms with Crippen molar-refractivity contribution in [1.82, 2.24) is 10.2 Å². The van der Waals surface area contributed by atoms with Crippen molar-refractivity contribution >= 4 is 10.8 Å². The lowest BCUT2D eigenvalue weighted by atomic mass is 9.96. The van der Waals surface area contributed by atoms with Gasteiger partial charge in [0, 0.05) is 10.9 Å². The zero-order valence-electron chi connectivity index (χ0n) is 12.7. The predicted octanol–water partition coefficient (Wildman–Crippen LogP) is 3.82. The number of fused-ring (bicyclic) bond motifs is 1. The number of hydrogen-bond acceptors (Lipinski definition) is 2. The number of rotatable bonds is 1. The van der Waals surface area contributed by atoms with Crippen LogP contribution in [0.5, 0.6) is 0 Å². The van der Waals surface area contributed by atoms with Crippen molar-refractivity contribution in [2.45, 2.75) is 27.7 Å².